The molecule has 1 N–H and O–H groups in total. The van der Waals surface area contributed by atoms with Gasteiger partial charge in [0.25, 0.3) is 15.9 Å². The molecule has 3 aromatic rings. The molecule has 0 radical (unpaired) electrons. The van der Waals surface area contributed by atoms with Crippen molar-refractivity contribution in [2.45, 2.75) is 24.3 Å². The van der Waals surface area contributed by atoms with Crippen LogP contribution >= 0.6 is 11.6 Å². The number of amides is 1. The molecular formula is C22H18ClFN2O3S. The number of sulfonamides is 1. The highest BCUT2D eigenvalue weighted by Gasteiger charge is 2.36. The van der Waals surface area contributed by atoms with Gasteiger partial charge >= 0.3 is 0 Å². The van der Waals surface area contributed by atoms with Crippen LogP contribution < -0.4 is 9.62 Å². The zero-order chi connectivity index (χ0) is 21.5. The van der Waals surface area contributed by atoms with Gasteiger partial charge in [0.05, 0.1) is 10.6 Å². The lowest BCUT2D eigenvalue weighted by Gasteiger charge is -2.24. The Balaban J connectivity index is 1.62. The Morgan fingerprint density at radius 3 is 2.40 bits per heavy atom. The van der Waals surface area contributed by atoms with Crippen LogP contribution in [0.4, 0.5) is 15.8 Å². The maximum atomic E-state index is 13.2. The van der Waals surface area contributed by atoms with Gasteiger partial charge in [0.2, 0.25) is 0 Å². The average Bonchev–Trinajstić information content (AvgIpc) is 3.05. The molecule has 5 nitrogen and oxygen atoms in total. The van der Waals surface area contributed by atoms with Crippen LogP contribution in [0.5, 0.6) is 0 Å². The van der Waals surface area contributed by atoms with Crippen LogP contribution in [0.25, 0.3) is 0 Å². The third-order valence-electron chi connectivity index (χ3n) is 4.97. The average molecular weight is 445 g/mol. The highest BCUT2D eigenvalue weighted by atomic mass is 35.5. The minimum atomic E-state index is -3.77. The number of fused-ring (bicyclic) bond motifs is 1. The number of halogens is 2. The molecule has 1 atom stereocenters. The summed E-state index contributed by atoms with van der Waals surface area (Å²) in [4.78, 5) is 12.7. The Morgan fingerprint density at radius 1 is 1.07 bits per heavy atom. The van der Waals surface area contributed by atoms with Gasteiger partial charge in [-0.15, -0.1) is 0 Å². The smallest absolute Gasteiger partial charge is 0.264 e. The van der Waals surface area contributed by atoms with Crippen LogP contribution in [-0.4, -0.2) is 20.4 Å². The molecule has 0 spiro atoms. The van der Waals surface area contributed by atoms with Gasteiger partial charge in [0, 0.05) is 22.3 Å². The van der Waals surface area contributed by atoms with E-state index in [1.807, 2.05) is 6.92 Å². The molecule has 0 bridgehead atoms. The Kier molecular flexibility index (Phi) is 5.26. The molecule has 4 rings (SSSR count). The molecule has 0 fully saturated rings. The van der Waals surface area contributed by atoms with Gasteiger partial charge < -0.3 is 5.32 Å². The third kappa shape index (κ3) is 3.78. The standard InChI is InChI=1S/C22H18ClFN2O3S/c1-14-12-16-13-15(22(27)25-19-7-5-18(24)6-8-19)2-11-21(16)26(14)30(28,29)20-9-3-17(23)4-10-20/h2-11,13-14H,12H2,1H3,(H,25,27)/t14-/m1/s1. The molecule has 0 saturated carbocycles. The summed E-state index contributed by atoms with van der Waals surface area (Å²) in [5.41, 5.74) is 2.20. The predicted molar refractivity (Wildman–Crippen MR) is 115 cm³/mol. The quantitative estimate of drug-likeness (QED) is 0.624. The van der Waals surface area contributed by atoms with Gasteiger partial charge in [-0.1, -0.05) is 11.6 Å². The summed E-state index contributed by atoms with van der Waals surface area (Å²) in [6.45, 7) is 1.83. The number of hydrogen-bond acceptors (Lipinski definition) is 3. The van der Waals surface area contributed by atoms with Crippen molar-refractivity contribution in [2.24, 2.45) is 0 Å². The molecule has 154 valence electrons. The fourth-order valence-corrected chi connectivity index (χ4v) is 5.39. The summed E-state index contributed by atoms with van der Waals surface area (Å²) in [6.07, 6.45) is 0.486. The largest absolute Gasteiger partial charge is 0.322 e. The topological polar surface area (TPSA) is 66.5 Å². The highest BCUT2D eigenvalue weighted by molar-refractivity contribution is 7.92. The molecule has 1 aliphatic rings. The van der Waals surface area contributed by atoms with E-state index in [0.717, 1.165) is 5.56 Å². The van der Waals surface area contributed by atoms with Gasteiger partial charge in [-0.05, 0) is 85.6 Å². The second-order valence-corrected chi connectivity index (χ2v) is 9.36. The zero-order valence-corrected chi connectivity index (χ0v) is 17.5. The number of hydrogen-bond donors (Lipinski definition) is 1. The first-order chi connectivity index (χ1) is 14.3. The summed E-state index contributed by atoms with van der Waals surface area (Å²) < 4.78 is 40.8. The molecule has 0 aromatic heterocycles. The summed E-state index contributed by atoms with van der Waals surface area (Å²) in [6, 6.07) is 16.1. The fourth-order valence-electron chi connectivity index (χ4n) is 3.57. The lowest BCUT2D eigenvalue weighted by atomic mass is 10.1. The molecule has 1 amide bonds. The van der Waals surface area contributed by atoms with Crippen molar-refractivity contribution >= 4 is 38.9 Å². The maximum absolute atomic E-state index is 13.2. The minimum Gasteiger partial charge on any atom is -0.322 e. The van der Waals surface area contributed by atoms with Crippen molar-refractivity contribution < 1.29 is 17.6 Å². The number of nitrogens with one attached hydrogen (secondary N) is 1. The van der Waals surface area contributed by atoms with Gasteiger partial charge in [0.1, 0.15) is 5.82 Å². The van der Waals surface area contributed by atoms with E-state index < -0.39 is 10.0 Å². The van der Waals surface area contributed by atoms with Crippen molar-refractivity contribution in [3.8, 4) is 0 Å². The Hall–Kier alpha value is -2.90. The fraction of sp³-hybridized carbons (Fsp3) is 0.136. The van der Waals surface area contributed by atoms with E-state index in [9.17, 15) is 17.6 Å². The number of rotatable bonds is 4. The Labute approximate surface area is 179 Å². The third-order valence-corrected chi connectivity index (χ3v) is 7.16. The van der Waals surface area contributed by atoms with E-state index in [-0.39, 0.29) is 22.7 Å². The summed E-state index contributed by atoms with van der Waals surface area (Å²) >= 11 is 5.88. The molecular weight excluding hydrogens is 427 g/mol. The normalized spacial score (nSPS) is 15.7. The van der Waals surface area contributed by atoms with Crippen LogP contribution in [-0.2, 0) is 16.4 Å². The van der Waals surface area contributed by atoms with Gasteiger partial charge in [0.15, 0.2) is 0 Å². The lowest BCUT2D eigenvalue weighted by molar-refractivity contribution is 0.102. The number of nitrogens with zero attached hydrogens (tertiary/aromatic N) is 1. The molecule has 30 heavy (non-hydrogen) atoms. The zero-order valence-electron chi connectivity index (χ0n) is 16.0. The molecule has 0 saturated heterocycles. The first-order valence-electron chi connectivity index (χ1n) is 9.25. The van der Waals surface area contributed by atoms with E-state index in [2.05, 4.69) is 5.32 Å². The Morgan fingerprint density at radius 2 is 1.73 bits per heavy atom. The second-order valence-electron chi connectivity index (χ2n) is 7.11. The first-order valence-corrected chi connectivity index (χ1v) is 11.1. The number of carbonyl (C=O) groups excluding carboxylic acids is 1. The highest BCUT2D eigenvalue weighted by Crippen LogP contribution is 2.37. The van der Waals surface area contributed by atoms with Crippen molar-refractivity contribution in [1.29, 1.82) is 0 Å². The van der Waals surface area contributed by atoms with Crippen molar-refractivity contribution in [3.05, 3.63) is 88.7 Å². The lowest BCUT2D eigenvalue weighted by Crippen LogP contribution is -2.35. The van der Waals surface area contributed by atoms with E-state index in [0.29, 0.717) is 28.4 Å². The van der Waals surface area contributed by atoms with Crippen molar-refractivity contribution in [2.75, 3.05) is 9.62 Å². The van der Waals surface area contributed by atoms with Crippen LogP contribution in [0.1, 0.15) is 22.8 Å². The predicted octanol–water partition coefficient (Wildman–Crippen LogP) is 4.87. The van der Waals surface area contributed by atoms with Gasteiger partial charge in [-0.2, -0.15) is 0 Å². The second kappa shape index (κ2) is 7.74. The van der Waals surface area contributed by atoms with Crippen LogP contribution in [0, 0.1) is 5.82 Å². The monoisotopic (exact) mass is 444 g/mol. The van der Waals surface area contributed by atoms with Crippen LogP contribution in [0.15, 0.2) is 71.6 Å². The van der Waals surface area contributed by atoms with Crippen LogP contribution in [0.3, 0.4) is 0 Å². The molecule has 1 heterocycles. The molecule has 0 unspecified atom stereocenters. The van der Waals surface area contributed by atoms with Crippen LogP contribution in [0.2, 0.25) is 5.02 Å². The van der Waals surface area contributed by atoms with E-state index in [4.69, 9.17) is 11.6 Å². The van der Waals surface area contributed by atoms with E-state index in [1.54, 1.807) is 30.3 Å². The molecule has 3 aromatic carbocycles. The SMILES string of the molecule is C[C@@H]1Cc2cc(C(=O)Nc3ccc(F)cc3)ccc2N1S(=O)(=O)c1ccc(Cl)cc1. The number of carbonyl (C=O) groups is 1. The maximum Gasteiger partial charge on any atom is 0.264 e. The minimum absolute atomic E-state index is 0.157. The molecule has 8 heteroatoms. The van der Waals surface area contributed by atoms with Crippen molar-refractivity contribution in [1.82, 2.24) is 0 Å². The van der Waals surface area contributed by atoms with Crippen molar-refractivity contribution in [3.63, 3.8) is 0 Å². The molecule has 1 aliphatic heterocycles. The number of anilines is 2. The van der Waals surface area contributed by atoms with Gasteiger partial charge in [-0.25, -0.2) is 12.8 Å². The van der Waals surface area contributed by atoms with Gasteiger partial charge in [-0.3, -0.25) is 9.10 Å². The summed E-state index contributed by atoms with van der Waals surface area (Å²) in [5, 5.41) is 3.17. The molecule has 0 aliphatic carbocycles. The number of benzene rings is 3. The Bertz CT molecular complexity index is 1210. The van der Waals surface area contributed by atoms with E-state index in [1.165, 1.54) is 40.7 Å². The van der Waals surface area contributed by atoms with E-state index >= 15 is 0 Å². The summed E-state index contributed by atoms with van der Waals surface area (Å²) in [5.74, 6) is -0.738. The first kappa shape index (κ1) is 20.4. The summed E-state index contributed by atoms with van der Waals surface area (Å²) in [7, 11) is -3.77.